The molecule has 3 nitrogen and oxygen atoms in total. The van der Waals surface area contributed by atoms with E-state index in [1.807, 2.05) is 0 Å². The number of hydrogen-bond donors (Lipinski definition) is 1. The summed E-state index contributed by atoms with van der Waals surface area (Å²) in [5, 5.41) is 0.472. The van der Waals surface area contributed by atoms with Crippen molar-refractivity contribution in [2.45, 2.75) is 13.1 Å². The van der Waals surface area contributed by atoms with Crippen LogP contribution < -0.4 is 10.4 Å². The van der Waals surface area contributed by atoms with Gasteiger partial charge in [-0.25, -0.2) is 19.2 Å². The highest BCUT2D eigenvalue weighted by molar-refractivity contribution is 5.97. The van der Waals surface area contributed by atoms with Crippen LogP contribution in [-0.2, 0) is 4.79 Å². The van der Waals surface area contributed by atoms with Gasteiger partial charge in [-0.15, -0.1) is 0 Å². The van der Waals surface area contributed by atoms with Crippen molar-refractivity contribution < 1.29 is 26.7 Å². The molecule has 1 aromatic carbocycles. The van der Waals surface area contributed by atoms with Crippen molar-refractivity contribution in [1.29, 1.82) is 0 Å². The minimum Gasteiger partial charge on any atom is -0.272 e. The fourth-order valence-electron chi connectivity index (χ4n) is 1.78. The molecule has 1 unspecified atom stereocenters. The first-order valence-corrected chi connectivity index (χ1v) is 5.32. The second-order valence-electron chi connectivity index (χ2n) is 4.14. The predicted molar refractivity (Wildman–Crippen MR) is 56.1 cm³/mol. The monoisotopic (exact) mass is 280 g/mol. The molecule has 1 fully saturated rings. The summed E-state index contributed by atoms with van der Waals surface area (Å²) in [6.45, 7) is 0.466. The number of nitrogens with one attached hydrogen (secondary N) is 1. The van der Waals surface area contributed by atoms with Crippen molar-refractivity contribution in [3.05, 3.63) is 29.3 Å². The first-order chi connectivity index (χ1) is 8.73. The highest BCUT2D eigenvalue weighted by Crippen LogP contribution is 2.33. The number of alkyl halides is 3. The molecule has 0 spiro atoms. The molecule has 0 radical (unpaired) electrons. The molecule has 104 valence electrons. The number of nitrogens with zero attached hydrogens (tertiary/aromatic N) is 1. The average molecular weight is 280 g/mol. The summed E-state index contributed by atoms with van der Waals surface area (Å²) in [4.78, 5) is 11.6. The van der Waals surface area contributed by atoms with Crippen LogP contribution in [-0.4, -0.2) is 18.6 Å². The number of hydrogen-bond acceptors (Lipinski definition) is 2. The Labute approximate surface area is 105 Å². The second-order valence-corrected chi connectivity index (χ2v) is 4.14. The molecule has 1 N–H and O–H groups in total. The molecule has 1 atom stereocenters. The van der Waals surface area contributed by atoms with E-state index in [1.54, 1.807) is 0 Å². The van der Waals surface area contributed by atoms with Crippen LogP contribution in [0.4, 0.5) is 27.6 Å². The molecule has 0 saturated carbocycles. The SMILES string of the molecule is Cc1c(F)ccc(N2NCC(C(F)(F)F)C2=O)c1F. The van der Waals surface area contributed by atoms with Crippen molar-refractivity contribution in [3.63, 3.8) is 0 Å². The molecular formula is C11H9F5N2O. The fourth-order valence-corrected chi connectivity index (χ4v) is 1.78. The predicted octanol–water partition coefficient (Wildman–Crippen LogP) is 2.30. The lowest BCUT2D eigenvalue weighted by Crippen LogP contribution is -2.37. The first-order valence-electron chi connectivity index (χ1n) is 5.32. The van der Waals surface area contributed by atoms with Gasteiger partial charge in [0.25, 0.3) is 5.91 Å². The van der Waals surface area contributed by atoms with Gasteiger partial charge < -0.3 is 0 Å². The van der Waals surface area contributed by atoms with Crippen LogP contribution in [0, 0.1) is 24.5 Å². The van der Waals surface area contributed by atoms with Gasteiger partial charge >= 0.3 is 6.18 Å². The van der Waals surface area contributed by atoms with Crippen LogP contribution in [0.2, 0.25) is 0 Å². The lowest BCUT2D eigenvalue weighted by Gasteiger charge is -2.18. The second kappa shape index (κ2) is 4.44. The van der Waals surface area contributed by atoms with E-state index >= 15 is 0 Å². The van der Waals surface area contributed by atoms with Crippen LogP contribution in [0.15, 0.2) is 12.1 Å². The van der Waals surface area contributed by atoms with Crippen LogP contribution in [0.25, 0.3) is 0 Å². The maximum atomic E-state index is 13.8. The number of benzene rings is 1. The molecule has 1 aliphatic heterocycles. The Bertz CT molecular complexity index is 529. The van der Waals surface area contributed by atoms with Crippen LogP contribution >= 0.6 is 0 Å². The average Bonchev–Trinajstić information content (AvgIpc) is 2.68. The lowest BCUT2D eigenvalue weighted by molar-refractivity contribution is -0.174. The Hall–Kier alpha value is -1.70. The van der Waals surface area contributed by atoms with E-state index in [1.165, 1.54) is 0 Å². The number of rotatable bonds is 1. The third-order valence-corrected chi connectivity index (χ3v) is 2.91. The zero-order valence-corrected chi connectivity index (χ0v) is 9.68. The van der Waals surface area contributed by atoms with Gasteiger partial charge in [0, 0.05) is 12.1 Å². The molecule has 2 rings (SSSR count). The Balaban J connectivity index is 2.35. The number of carbonyl (C=O) groups excluding carboxylic acids is 1. The largest absolute Gasteiger partial charge is 0.401 e. The number of anilines is 1. The smallest absolute Gasteiger partial charge is 0.272 e. The minimum absolute atomic E-state index is 0.359. The highest BCUT2D eigenvalue weighted by Gasteiger charge is 2.51. The molecule has 1 aliphatic rings. The molecule has 0 aliphatic carbocycles. The maximum absolute atomic E-state index is 13.8. The van der Waals surface area contributed by atoms with E-state index in [-0.39, 0.29) is 5.56 Å². The number of halogens is 5. The van der Waals surface area contributed by atoms with Crippen molar-refractivity contribution in [2.75, 3.05) is 11.6 Å². The van der Waals surface area contributed by atoms with Crippen LogP contribution in [0.5, 0.6) is 0 Å². The van der Waals surface area contributed by atoms with E-state index in [2.05, 4.69) is 5.43 Å². The summed E-state index contributed by atoms with van der Waals surface area (Å²) in [5.74, 6) is -5.43. The van der Waals surface area contributed by atoms with Gasteiger partial charge in [-0.2, -0.15) is 13.2 Å². The fraction of sp³-hybridized carbons (Fsp3) is 0.364. The van der Waals surface area contributed by atoms with E-state index in [4.69, 9.17) is 0 Å². The summed E-state index contributed by atoms with van der Waals surface area (Å²) in [7, 11) is 0. The minimum atomic E-state index is -4.70. The summed E-state index contributed by atoms with van der Waals surface area (Å²) in [6.07, 6.45) is -4.70. The van der Waals surface area contributed by atoms with Crippen molar-refractivity contribution in [3.8, 4) is 0 Å². The molecule has 19 heavy (non-hydrogen) atoms. The van der Waals surface area contributed by atoms with Gasteiger partial charge in [-0.05, 0) is 19.1 Å². The van der Waals surface area contributed by atoms with Crippen molar-refractivity contribution in [2.24, 2.45) is 5.92 Å². The van der Waals surface area contributed by atoms with Gasteiger partial charge in [0.2, 0.25) is 0 Å². The van der Waals surface area contributed by atoms with Crippen LogP contribution in [0.3, 0.4) is 0 Å². The van der Waals surface area contributed by atoms with E-state index < -0.39 is 41.9 Å². The molecule has 0 aromatic heterocycles. The molecule has 1 heterocycles. The first kappa shape index (κ1) is 13.7. The van der Waals surface area contributed by atoms with E-state index in [0.717, 1.165) is 19.1 Å². The number of amides is 1. The summed E-state index contributed by atoms with van der Waals surface area (Å²) >= 11 is 0. The molecule has 1 saturated heterocycles. The summed E-state index contributed by atoms with van der Waals surface area (Å²) < 4.78 is 64.3. The van der Waals surface area contributed by atoms with E-state index in [0.29, 0.717) is 5.01 Å². The van der Waals surface area contributed by atoms with Crippen LogP contribution in [0.1, 0.15) is 5.56 Å². The number of hydrazine groups is 1. The maximum Gasteiger partial charge on any atom is 0.401 e. The Morgan fingerprint density at radius 2 is 1.95 bits per heavy atom. The van der Waals surface area contributed by atoms with Gasteiger partial charge in [0.1, 0.15) is 11.7 Å². The normalized spacial score (nSPS) is 20.2. The zero-order chi connectivity index (χ0) is 14.4. The molecule has 1 amide bonds. The molecule has 0 bridgehead atoms. The summed E-state index contributed by atoms with van der Waals surface area (Å²) in [6, 6.07) is 1.81. The Kier molecular flexibility index (Phi) is 3.21. The number of carbonyl (C=O) groups is 1. The summed E-state index contributed by atoms with van der Waals surface area (Å²) in [5.41, 5.74) is 1.39. The lowest BCUT2D eigenvalue weighted by atomic mass is 10.1. The van der Waals surface area contributed by atoms with Crippen molar-refractivity contribution in [1.82, 2.24) is 5.43 Å². The zero-order valence-electron chi connectivity index (χ0n) is 9.68. The highest BCUT2D eigenvalue weighted by atomic mass is 19.4. The molecule has 1 aromatic rings. The van der Waals surface area contributed by atoms with Gasteiger partial charge in [0.15, 0.2) is 5.82 Å². The van der Waals surface area contributed by atoms with E-state index in [9.17, 15) is 26.7 Å². The third-order valence-electron chi connectivity index (χ3n) is 2.91. The third kappa shape index (κ3) is 2.27. The molecular weight excluding hydrogens is 271 g/mol. The standard InChI is InChI=1S/C11H9F5N2O/c1-5-7(12)2-3-8(9(5)13)18-10(19)6(4-17-18)11(14,15)16/h2-3,6,17H,4H2,1H3. The topological polar surface area (TPSA) is 32.3 Å². The Morgan fingerprint density at radius 1 is 1.32 bits per heavy atom. The van der Waals surface area contributed by atoms with Gasteiger partial charge in [-0.3, -0.25) is 4.79 Å². The van der Waals surface area contributed by atoms with Crippen molar-refractivity contribution >= 4 is 11.6 Å². The Morgan fingerprint density at radius 3 is 2.47 bits per heavy atom. The molecule has 8 heteroatoms. The van der Waals surface area contributed by atoms with Gasteiger partial charge in [-0.1, -0.05) is 0 Å². The quantitative estimate of drug-likeness (QED) is 0.801. The van der Waals surface area contributed by atoms with Gasteiger partial charge in [0.05, 0.1) is 5.69 Å².